The van der Waals surface area contributed by atoms with E-state index in [0.717, 1.165) is 17.0 Å². The Kier molecular flexibility index (Phi) is 5.51. The van der Waals surface area contributed by atoms with E-state index in [2.05, 4.69) is 73.7 Å². The van der Waals surface area contributed by atoms with Crippen LogP contribution in [0.15, 0.2) is 78.9 Å². The Morgan fingerprint density at radius 2 is 1.29 bits per heavy atom. The molecule has 1 unspecified atom stereocenters. The molecule has 0 amide bonds. The number of hydrogen-bond acceptors (Lipinski definition) is 0. The minimum absolute atomic E-state index is 0.529. The van der Waals surface area contributed by atoms with Crippen LogP contribution in [0.2, 0.25) is 5.02 Å². The average molecular weight is 333 g/mol. The molecule has 0 N–H and O–H groups in total. The molecule has 3 rings (SSSR count). The summed E-state index contributed by atoms with van der Waals surface area (Å²) >= 11 is 5.91. The third-order valence-electron chi connectivity index (χ3n) is 4.23. The van der Waals surface area contributed by atoms with Gasteiger partial charge in [0.1, 0.15) is 0 Å². The molecule has 0 saturated heterocycles. The Balaban J connectivity index is 1.64. The predicted octanol–water partition coefficient (Wildman–Crippen LogP) is 6.86. The van der Waals surface area contributed by atoms with Crippen molar-refractivity contribution in [2.45, 2.75) is 19.3 Å². The van der Waals surface area contributed by atoms with E-state index in [4.69, 9.17) is 11.6 Å². The fraction of sp³-hybridized carbons (Fsp3) is 0.130. The lowest BCUT2D eigenvalue weighted by Gasteiger charge is -2.12. The molecule has 3 aromatic carbocycles. The molecule has 3 aromatic rings. The fourth-order valence-electron chi connectivity index (χ4n) is 2.78. The van der Waals surface area contributed by atoms with Crippen molar-refractivity contribution in [3.05, 3.63) is 106 Å². The van der Waals surface area contributed by atoms with Gasteiger partial charge in [0.2, 0.25) is 0 Å². The van der Waals surface area contributed by atoms with Crippen molar-refractivity contribution in [1.29, 1.82) is 0 Å². The quantitative estimate of drug-likeness (QED) is 0.448. The predicted molar refractivity (Wildman–Crippen MR) is 105 cm³/mol. The third-order valence-corrected chi connectivity index (χ3v) is 4.48. The van der Waals surface area contributed by atoms with Gasteiger partial charge in [-0.05, 0) is 46.7 Å². The van der Waals surface area contributed by atoms with Crippen molar-refractivity contribution in [1.82, 2.24) is 0 Å². The van der Waals surface area contributed by atoms with Crippen LogP contribution >= 0.6 is 11.6 Å². The standard InChI is InChI=1S/C23H21Cl/c1-18(22-5-3-2-4-6-22)17-21-11-9-19(10-12-21)7-8-20-13-15-23(24)16-14-20/h2-16,18H,17H2,1H3/b8-7+. The van der Waals surface area contributed by atoms with Crippen LogP contribution in [-0.4, -0.2) is 0 Å². The SMILES string of the molecule is CC(Cc1ccc(/C=C/c2ccc(Cl)cc2)cc1)c1ccccc1. The van der Waals surface area contributed by atoms with Gasteiger partial charge in [-0.1, -0.05) is 97.4 Å². The molecule has 120 valence electrons. The first-order chi connectivity index (χ1) is 11.7. The Morgan fingerprint density at radius 1 is 0.750 bits per heavy atom. The van der Waals surface area contributed by atoms with Crippen LogP contribution in [0.4, 0.5) is 0 Å². The highest BCUT2D eigenvalue weighted by molar-refractivity contribution is 6.30. The van der Waals surface area contributed by atoms with E-state index in [1.165, 1.54) is 16.7 Å². The van der Waals surface area contributed by atoms with E-state index in [9.17, 15) is 0 Å². The molecule has 0 saturated carbocycles. The second-order valence-corrected chi connectivity index (χ2v) is 6.58. The zero-order chi connectivity index (χ0) is 16.8. The van der Waals surface area contributed by atoms with E-state index in [0.29, 0.717) is 5.92 Å². The summed E-state index contributed by atoms with van der Waals surface area (Å²) in [6.07, 6.45) is 5.30. The van der Waals surface area contributed by atoms with Crippen LogP contribution in [0.25, 0.3) is 12.2 Å². The van der Waals surface area contributed by atoms with Gasteiger partial charge in [0.05, 0.1) is 0 Å². The third kappa shape index (κ3) is 4.59. The van der Waals surface area contributed by atoms with E-state index >= 15 is 0 Å². The lowest BCUT2D eigenvalue weighted by molar-refractivity contribution is 0.759. The van der Waals surface area contributed by atoms with Crippen molar-refractivity contribution in [3.63, 3.8) is 0 Å². The summed E-state index contributed by atoms with van der Waals surface area (Å²) in [5, 5.41) is 0.768. The molecular formula is C23H21Cl. The number of rotatable bonds is 5. The number of benzene rings is 3. The second kappa shape index (κ2) is 7.99. The van der Waals surface area contributed by atoms with Gasteiger partial charge in [0.25, 0.3) is 0 Å². The van der Waals surface area contributed by atoms with E-state index in [-0.39, 0.29) is 0 Å². The topological polar surface area (TPSA) is 0 Å². The summed E-state index contributed by atoms with van der Waals surface area (Å²) in [7, 11) is 0. The first-order valence-electron chi connectivity index (χ1n) is 8.28. The van der Waals surface area contributed by atoms with Crippen molar-refractivity contribution in [2.75, 3.05) is 0 Å². The van der Waals surface area contributed by atoms with Crippen molar-refractivity contribution in [2.24, 2.45) is 0 Å². The summed E-state index contributed by atoms with van der Waals surface area (Å²) in [6, 6.07) is 27.4. The largest absolute Gasteiger partial charge is 0.0843 e. The summed E-state index contributed by atoms with van der Waals surface area (Å²) in [5.41, 5.74) is 5.13. The summed E-state index contributed by atoms with van der Waals surface area (Å²) in [6.45, 7) is 2.28. The molecule has 0 aliphatic carbocycles. The molecule has 1 atom stereocenters. The lowest BCUT2D eigenvalue weighted by atomic mass is 9.93. The Hall–Kier alpha value is -2.31. The molecule has 0 fully saturated rings. The van der Waals surface area contributed by atoms with Gasteiger partial charge in [0, 0.05) is 5.02 Å². The lowest BCUT2D eigenvalue weighted by Crippen LogP contribution is -1.98. The Bertz CT molecular complexity index is 784. The zero-order valence-electron chi connectivity index (χ0n) is 13.8. The molecule has 24 heavy (non-hydrogen) atoms. The van der Waals surface area contributed by atoms with Crippen molar-refractivity contribution < 1.29 is 0 Å². The van der Waals surface area contributed by atoms with Crippen LogP contribution < -0.4 is 0 Å². The molecule has 0 aromatic heterocycles. The highest BCUT2D eigenvalue weighted by Gasteiger charge is 2.05. The minimum Gasteiger partial charge on any atom is -0.0843 e. The molecular weight excluding hydrogens is 312 g/mol. The van der Waals surface area contributed by atoms with Gasteiger partial charge in [-0.3, -0.25) is 0 Å². The van der Waals surface area contributed by atoms with Gasteiger partial charge in [0.15, 0.2) is 0 Å². The maximum Gasteiger partial charge on any atom is 0.0406 e. The molecule has 0 nitrogen and oxygen atoms in total. The zero-order valence-corrected chi connectivity index (χ0v) is 14.6. The van der Waals surface area contributed by atoms with Gasteiger partial charge in [-0.2, -0.15) is 0 Å². The van der Waals surface area contributed by atoms with Crippen molar-refractivity contribution >= 4 is 23.8 Å². The van der Waals surface area contributed by atoms with Crippen LogP contribution in [0, 0.1) is 0 Å². The minimum atomic E-state index is 0.529. The highest BCUT2D eigenvalue weighted by atomic mass is 35.5. The first kappa shape index (κ1) is 16.5. The highest BCUT2D eigenvalue weighted by Crippen LogP contribution is 2.21. The molecule has 0 aliphatic rings. The number of halogens is 1. The second-order valence-electron chi connectivity index (χ2n) is 6.14. The van der Waals surface area contributed by atoms with Gasteiger partial charge >= 0.3 is 0 Å². The molecule has 0 radical (unpaired) electrons. The van der Waals surface area contributed by atoms with Gasteiger partial charge < -0.3 is 0 Å². The Labute approximate surface area is 149 Å². The first-order valence-corrected chi connectivity index (χ1v) is 8.66. The van der Waals surface area contributed by atoms with Gasteiger partial charge in [-0.15, -0.1) is 0 Å². The molecule has 0 heterocycles. The summed E-state index contributed by atoms with van der Waals surface area (Å²) in [5.74, 6) is 0.529. The van der Waals surface area contributed by atoms with Crippen LogP contribution in [-0.2, 0) is 6.42 Å². The van der Waals surface area contributed by atoms with Gasteiger partial charge in [-0.25, -0.2) is 0 Å². The summed E-state index contributed by atoms with van der Waals surface area (Å²) in [4.78, 5) is 0. The smallest absolute Gasteiger partial charge is 0.0406 e. The maximum atomic E-state index is 5.91. The molecule has 0 spiro atoms. The monoisotopic (exact) mass is 332 g/mol. The van der Waals surface area contributed by atoms with Crippen LogP contribution in [0.1, 0.15) is 35.1 Å². The number of hydrogen-bond donors (Lipinski definition) is 0. The fourth-order valence-corrected chi connectivity index (χ4v) is 2.91. The van der Waals surface area contributed by atoms with Crippen LogP contribution in [0.5, 0.6) is 0 Å². The maximum absolute atomic E-state index is 5.91. The van der Waals surface area contributed by atoms with Crippen LogP contribution in [0.3, 0.4) is 0 Å². The Morgan fingerprint density at radius 3 is 1.88 bits per heavy atom. The van der Waals surface area contributed by atoms with Crippen molar-refractivity contribution in [3.8, 4) is 0 Å². The summed E-state index contributed by atoms with van der Waals surface area (Å²) < 4.78 is 0. The van der Waals surface area contributed by atoms with E-state index in [1.807, 2.05) is 24.3 Å². The molecule has 1 heteroatoms. The normalized spacial score (nSPS) is 12.4. The molecule has 0 bridgehead atoms. The average Bonchev–Trinajstić information content (AvgIpc) is 2.63. The van der Waals surface area contributed by atoms with E-state index < -0.39 is 0 Å². The molecule has 0 aliphatic heterocycles. The van der Waals surface area contributed by atoms with E-state index in [1.54, 1.807) is 0 Å².